The summed E-state index contributed by atoms with van der Waals surface area (Å²) in [6.07, 6.45) is 2.51. The lowest BCUT2D eigenvalue weighted by atomic mass is 10.1. The molecule has 0 bridgehead atoms. The maximum atomic E-state index is 11.5. The van der Waals surface area contributed by atoms with Gasteiger partial charge in [-0.3, -0.25) is 0 Å². The van der Waals surface area contributed by atoms with Gasteiger partial charge in [0.25, 0.3) is 0 Å². The number of halogens is 1. The molecule has 5 nitrogen and oxygen atoms in total. The van der Waals surface area contributed by atoms with E-state index < -0.39 is 5.60 Å². The second kappa shape index (κ2) is 9.16. The molecular formula is C18H29BrN3O2. The normalized spacial score (nSPS) is 12.6. The van der Waals surface area contributed by atoms with Gasteiger partial charge in [-0.2, -0.15) is 0 Å². The monoisotopic (exact) mass is 398 g/mol. The molecule has 0 unspecified atom stereocenters. The number of unbranched alkanes of at least 4 members (excludes halogenated alkanes) is 1. The summed E-state index contributed by atoms with van der Waals surface area (Å²) in [5, 5.41) is 6.19. The molecule has 0 saturated heterocycles. The standard InChI is InChI=1S/C18H29BrN3O2/c1-12-10-14(19)11-15(20)16(12)22-13(2)8-6-7-9-21-17(23)24-18(3,4)5/h10-11,13,22H,1,6-9,20H2,2-5H3,(H,21,23)/t13-/m0/s1. The third-order valence-corrected chi connectivity index (χ3v) is 3.80. The van der Waals surface area contributed by atoms with Crippen molar-refractivity contribution in [3.05, 3.63) is 29.1 Å². The van der Waals surface area contributed by atoms with Gasteiger partial charge in [0, 0.05) is 17.1 Å². The van der Waals surface area contributed by atoms with Crippen LogP contribution >= 0.6 is 15.9 Å². The first-order valence-electron chi connectivity index (χ1n) is 8.23. The summed E-state index contributed by atoms with van der Waals surface area (Å²) < 4.78 is 6.12. The van der Waals surface area contributed by atoms with Crippen LogP contribution in [0.25, 0.3) is 0 Å². The van der Waals surface area contributed by atoms with Crippen molar-refractivity contribution in [2.75, 3.05) is 17.6 Å². The van der Waals surface area contributed by atoms with Crippen LogP contribution in [0.4, 0.5) is 16.2 Å². The van der Waals surface area contributed by atoms with Gasteiger partial charge in [0.1, 0.15) is 5.60 Å². The van der Waals surface area contributed by atoms with Gasteiger partial charge in [-0.15, -0.1) is 0 Å². The van der Waals surface area contributed by atoms with Gasteiger partial charge >= 0.3 is 6.09 Å². The van der Waals surface area contributed by atoms with E-state index in [0.717, 1.165) is 35.0 Å². The molecule has 0 aromatic heterocycles. The quantitative estimate of drug-likeness (QED) is 0.459. The Labute approximate surface area is 153 Å². The summed E-state index contributed by atoms with van der Waals surface area (Å²) in [7, 11) is 0. The molecule has 6 heteroatoms. The largest absolute Gasteiger partial charge is 0.444 e. The number of hydrogen-bond donors (Lipinski definition) is 3. The fourth-order valence-electron chi connectivity index (χ4n) is 2.26. The van der Waals surface area contributed by atoms with Crippen LogP contribution in [0.5, 0.6) is 0 Å². The van der Waals surface area contributed by atoms with Crippen LogP contribution in [-0.4, -0.2) is 24.3 Å². The minimum Gasteiger partial charge on any atom is -0.444 e. The van der Waals surface area contributed by atoms with Gasteiger partial charge in [-0.1, -0.05) is 15.9 Å². The van der Waals surface area contributed by atoms with Crippen LogP contribution in [0.1, 0.15) is 52.5 Å². The molecule has 1 atom stereocenters. The molecule has 0 aliphatic carbocycles. The second-order valence-corrected chi connectivity index (χ2v) is 7.91. The molecule has 1 aromatic carbocycles. The van der Waals surface area contributed by atoms with E-state index in [0.29, 0.717) is 12.2 Å². The number of amides is 1. The molecule has 4 N–H and O–H groups in total. The first kappa shape index (κ1) is 20.6. The van der Waals surface area contributed by atoms with E-state index in [1.54, 1.807) is 0 Å². The Bertz CT molecular complexity index is 533. The predicted molar refractivity (Wildman–Crippen MR) is 104 cm³/mol. The Morgan fingerprint density at radius 2 is 2.04 bits per heavy atom. The zero-order valence-electron chi connectivity index (χ0n) is 15.0. The topological polar surface area (TPSA) is 76.4 Å². The van der Waals surface area contributed by atoms with Crippen molar-refractivity contribution in [3.63, 3.8) is 0 Å². The van der Waals surface area contributed by atoms with Gasteiger partial charge in [-0.05, 0) is 71.6 Å². The van der Waals surface area contributed by atoms with E-state index in [4.69, 9.17) is 10.5 Å². The number of benzene rings is 1. The number of nitrogens with one attached hydrogen (secondary N) is 2. The zero-order valence-corrected chi connectivity index (χ0v) is 16.6. The maximum absolute atomic E-state index is 11.5. The summed E-state index contributed by atoms with van der Waals surface area (Å²) in [5.74, 6) is 0. The zero-order chi connectivity index (χ0) is 18.3. The van der Waals surface area contributed by atoms with Crippen LogP contribution in [0, 0.1) is 6.92 Å². The van der Waals surface area contributed by atoms with Gasteiger partial charge in [0.15, 0.2) is 0 Å². The number of hydrogen-bond acceptors (Lipinski definition) is 4. The minimum atomic E-state index is -0.459. The molecule has 24 heavy (non-hydrogen) atoms. The Balaban J connectivity index is 2.28. The SMILES string of the molecule is [CH2]c1cc(Br)cc(N)c1N[C@@H](C)CCCCNC(=O)OC(C)(C)C. The number of nitrogen functional groups attached to an aromatic ring is 1. The lowest BCUT2D eigenvalue weighted by Crippen LogP contribution is -2.33. The Morgan fingerprint density at radius 1 is 1.38 bits per heavy atom. The molecule has 0 spiro atoms. The Hall–Kier alpha value is -1.43. The van der Waals surface area contributed by atoms with Crippen LogP contribution in [0.3, 0.4) is 0 Å². The fraction of sp³-hybridized carbons (Fsp3) is 0.556. The van der Waals surface area contributed by atoms with Crippen LogP contribution < -0.4 is 16.4 Å². The van der Waals surface area contributed by atoms with Crippen molar-refractivity contribution in [3.8, 4) is 0 Å². The first-order valence-corrected chi connectivity index (χ1v) is 9.02. The van der Waals surface area contributed by atoms with Gasteiger partial charge in [0.05, 0.1) is 11.4 Å². The van der Waals surface area contributed by atoms with Gasteiger partial charge < -0.3 is 21.1 Å². The number of ether oxygens (including phenoxy) is 1. The van der Waals surface area contributed by atoms with E-state index in [-0.39, 0.29) is 12.1 Å². The highest BCUT2D eigenvalue weighted by molar-refractivity contribution is 9.10. The lowest BCUT2D eigenvalue weighted by Gasteiger charge is -2.20. The van der Waals surface area contributed by atoms with E-state index in [2.05, 4.69) is 40.4 Å². The molecule has 135 valence electrons. The first-order chi connectivity index (χ1) is 11.1. The van der Waals surface area contributed by atoms with Crippen molar-refractivity contribution in [1.29, 1.82) is 0 Å². The summed E-state index contributed by atoms with van der Waals surface area (Å²) in [5.41, 5.74) is 8.03. The Morgan fingerprint density at radius 3 is 2.62 bits per heavy atom. The average molecular weight is 399 g/mol. The summed E-state index contributed by atoms with van der Waals surface area (Å²) in [6.45, 7) is 12.3. The summed E-state index contributed by atoms with van der Waals surface area (Å²) >= 11 is 3.41. The molecule has 0 aliphatic heterocycles. The molecule has 0 fully saturated rings. The number of carbonyl (C=O) groups is 1. The predicted octanol–water partition coefficient (Wildman–Crippen LogP) is 4.71. The molecule has 1 amide bonds. The average Bonchev–Trinajstić information content (AvgIpc) is 2.40. The third-order valence-electron chi connectivity index (χ3n) is 3.34. The number of rotatable bonds is 7. The fourth-order valence-corrected chi connectivity index (χ4v) is 2.78. The molecule has 0 saturated carbocycles. The van der Waals surface area contributed by atoms with E-state index >= 15 is 0 Å². The van der Waals surface area contributed by atoms with Gasteiger partial charge in [-0.25, -0.2) is 4.79 Å². The molecular weight excluding hydrogens is 370 g/mol. The number of nitrogens with two attached hydrogens (primary N) is 1. The highest BCUT2D eigenvalue weighted by Gasteiger charge is 2.15. The number of carbonyl (C=O) groups excluding carboxylic acids is 1. The highest BCUT2D eigenvalue weighted by atomic mass is 79.9. The highest BCUT2D eigenvalue weighted by Crippen LogP contribution is 2.28. The number of alkyl carbamates (subject to hydrolysis) is 1. The van der Waals surface area contributed by atoms with Crippen LogP contribution in [-0.2, 0) is 4.74 Å². The molecule has 1 aromatic rings. The van der Waals surface area contributed by atoms with Crippen LogP contribution in [0.15, 0.2) is 16.6 Å². The van der Waals surface area contributed by atoms with Crippen molar-refractivity contribution < 1.29 is 9.53 Å². The summed E-state index contributed by atoms with van der Waals surface area (Å²) in [4.78, 5) is 11.5. The summed E-state index contributed by atoms with van der Waals surface area (Å²) in [6, 6.07) is 4.08. The minimum absolute atomic E-state index is 0.274. The van der Waals surface area contributed by atoms with Crippen molar-refractivity contribution in [2.45, 2.75) is 58.6 Å². The maximum Gasteiger partial charge on any atom is 0.407 e. The molecule has 1 rings (SSSR count). The van der Waals surface area contributed by atoms with E-state index in [1.165, 1.54) is 0 Å². The van der Waals surface area contributed by atoms with Gasteiger partial charge in [0.2, 0.25) is 0 Å². The van der Waals surface area contributed by atoms with Crippen molar-refractivity contribution in [1.82, 2.24) is 5.32 Å². The third kappa shape index (κ3) is 7.90. The van der Waals surface area contributed by atoms with Crippen molar-refractivity contribution >= 4 is 33.4 Å². The second-order valence-electron chi connectivity index (χ2n) is 7.00. The van der Waals surface area contributed by atoms with E-state index in [9.17, 15) is 4.79 Å². The van der Waals surface area contributed by atoms with Crippen molar-refractivity contribution in [2.24, 2.45) is 0 Å². The molecule has 0 aliphatic rings. The lowest BCUT2D eigenvalue weighted by molar-refractivity contribution is 0.0527. The van der Waals surface area contributed by atoms with Crippen LogP contribution in [0.2, 0.25) is 0 Å². The molecule has 0 heterocycles. The smallest absolute Gasteiger partial charge is 0.407 e. The molecule has 1 radical (unpaired) electrons. The Kier molecular flexibility index (Phi) is 7.87. The van der Waals surface area contributed by atoms with E-state index in [1.807, 2.05) is 32.9 Å². The number of anilines is 2.